The van der Waals surface area contributed by atoms with E-state index in [2.05, 4.69) is 24.8 Å². The summed E-state index contributed by atoms with van der Waals surface area (Å²) in [5, 5.41) is 0.774. The first-order chi connectivity index (χ1) is 15.6. The SMILES string of the molecule is Nc1nc(N)c(-c2ccc(Oc3ccnc4[nH]ccc34)c(F)c2)c(CN2CCCCC2)n1. The molecule has 0 radical (unpaired) electrons. The Balaban J connectivity index is 1.47. The monoisotopic (exact) mass is 433 g/mol. The van der Waals surface area contributed by atoms with E-state index < -0.39 is 5.82 Å². The van der Waals surface area contributed by atoms with Gasteiger partial charge in [-0.1, -0.05) is 12.5 Å². The summed E-state index contributed by atoms with van der Waals surface area (Å²) in [5.41, 5.74) is 14.6. The van der Waals surface area contributed by atoms with Crippen molar-refractivity contribution in [3.63, 3.8) is 0 Å². The van der Waals surface area contributed by atoms with E-state index in [-0.39, 0.29) is 17.5 Å². The number of nitrogens with zero attached hydrogens (tertiary/aromatic N) is 4. The van der Waals surface area contributed by atoms with Gasteiger partial charge in [0.25, 0.3) is 0 Å². The molecule has 0 bridgehead atoms. The molecule has 0 saturated carbocycles. The summed E-state index contributed by atoms with van der Waals surface area (Å²) in [5.74, 6) is 0.467. The molecule has 164 valence electrons. The fourth-order valence-corrected chi connectivity index (χ4v) is 4.19. The summed E-state index contributed by atoms with van der Waals surface area (Å²) in [4.78, 5) is 18.1. The molecule has 9 heteroatoms. The Labute approximate surface area is 184 Å². The Morgan fingerprint density at radius 1 is 1.03 bits per heavy atom. The third kappa shape index (κ3) is 3.94. The highest BCUT2D eigenvalue weighted by Crippen LogP contribution is 2.35. The van der Waals surface area contributed by atoms with Gasteiger partial charge >= 0.3 is 0 Å². The van der Waals surface area contributed by atoms with Crippen LogP contribution >= 0.6 is 0 Å². The second-order valence-electron chi connectivity index (χ2n) is 7.92. The molecule has 0 spiro atoms. The minimum Gasteiger partial charge on any atom is -0.453 e. The van der Waals surface area contributed by atoms with Gasteiger partial charge in [-0.2, -0.15) is 4.98 Å². The van der Waals surface area contributed by atoms with Crippen LogP contribution < -0.4 is 16.2 Å². The van der Waals surface area contributed by atoms with Gasteiger partial charge in [-0.25, -0.2) is 14.4 Å². The van der Waals surface area contributed by atoms with Gasteiger partial charge in [0.15, 0.2) is 11.6 Å². The van der Waals surface area contributed by atoms with Crippen molar-refractivity contribution < 1.29 is 9.13 Å². The lowest BCUT2D eigenvalue weighted by Gasteiger charge is -2.27. The molecule has 5 N–H and O–H groups in total. The number of rotatable bonds is 5. The maximum absolute atomic E-state index is 15.1. The fourth-order valence-electron chi connectivity index (χ4n) is 4.19. The van der Waals surface area contributed by atoms with Crippen molar-refractivity contribution >= 4 is 22.8 Å². The van der Waals surface area contributed by atoms with Gasteiger partial charge in [-0.15, -0.1) is 0 Å². The van der Waals surface area contributed by atoms with Crippen LogP contribution in [0.4, 0.5) is 16.2 Å². The van der Waals surface area contributed by atoms with Crippen LogP contribution in [0.3, 0.4) is 0 Å². The number of aromatic nitrogens is 4. The summed E-state index contributed by atoms with van der Waals surface area (Å²) < 4.78 is 20.9. The first kappa shape index (κ1) is 20.2. The average molecular weight is 433 g/mol. The third-order valence-electron chi connectivity index (χ3n) is 5.71. The van der Waals surface area contributed by atoms with Crippen LogP contribution in [0.5, 0.6) is 11.5 Å². The molecule has 1 saturated heterocycles. The molecule has 8 nitrogen and oxygen atoms in total. The molecule has 0 atom stereocenters. The van der Waals surface area contributed by atoms with Crippen molar-refractivity contribution in [1.82, 2.24) is 24.8 Å². The molecular weight excluding hydrogens is 409 g/mol. The normalized spacial score (nSPS) is 14.7. The Bertz CT molecular complexity index is 1270. The van der Waals surface area contributed by atoms with Gasteiger partial charge in [-0.05, 0) is 55.8 Å². The zero-order valence-corrected chi connectivity index (χ0v) is 17.5. The molecule has 3 aromatic heterocycles. The first-order valence-corrected chi connectivity index (χ1v) is 10.6. The lowest BCUT2D eigenvalue weighted by Crippen LogP contribution is -2.30. The van der Waals surface area contributed by atoms with Gasteiger partial charge in [0.2, 0.25) is 5.95 Å². The van der Waals surface area contributed by atoms with Crippen molar-refractivity contribution in [1.29, 1.82) is 0 Å². The van der Waals surface area contributed by atoms with E-state index in [0.717, 1.165) is 31.3 Å². The molecule has 1 aliphatic rings. The van der Waals surface area contributed by atoms with Gasteiger partial charge < -0.3 is 21.2 Å². The molecule has 1 aliphatic heterocycles. The largest absolute Gasteiger partial charge is 0.453 e. The van der Waals surface area contributed by atoms with Crippen molar-refractivity contribution in [2.24, 2.45) is 0 Å². The van der Waals surface area contributed by atoms with E-state index >= 15 is 4.39 Å². The predicted octanol–water partition coefficient (Wildman–Crippen LogP) is 4.10. The Morgan fingerprint density at radius 3 is 2.69 bits per heavy atom. The van der Waals surface area contributed by atoms with E-state index in [4.69, 9.17) is 16.2 Å². The smallest absolute Gasteiger partial charge is 0.222 e. The number of aromatic amines is 1. The van der Waals surface area contributed by atoms with E-state index in [1.165, 1.54) is 12.5 Å². The van der Waals surface area contributed by atoms with Crippen molar-refractivity contribution in [2.75, 3.05) is 24.6 Å². The standard InChI is InChI=1S/C23H24FN7O/c24-16-12-14(4-5-19(16)32-18-7-9-28-22-15(18)6-8-27-22)20-17(29-23(26)30-21(20)25)13-31-10-2-1-3-11-31/h4-9,12H,1-3,10-11,13H2,(H,27,28)(H4,25,26,29,30). The van der Waals surface area contributed by atoms with E-state index in [9.17, 15) is 0 Å². The summed E-state index contributed by atoms with van der Waals surface area (Å²) in [6, 6.07) is 8.29. The van der Waals surface area contributed by atoms with Gasteiger partial charge in [0.1, 0.15) is 17.2 Å². The molecule has 5 rings (SSSR count). The van der Waals surface area contributed by atoms with Crippen LogP contribution in [-0.4, -0.2) is 37.9 Å². The van der Waals surface area contributed by atoms with Crippen LogP contribution in [-0.2, 0) is 6.54 Å². The highest BCUT2D eigenvalue weighted by molar-refractivity contribution is 5.82. The number of anilines is 2. The quantitative estimate of drug-likeness (QED) is 0.433. The van der Waals surface area contributed by atoms with Gasteiger partial charge in [0, 0.05) is 24.5 Å². The number of benzene rings is 1. The molecule has 1 fully saturated rings. The maximum Gasteiger partial charge on any atom is 0.222 e. The number of hydrogen-bond donors (Lipinski definition) is 3. The molecular formula is C23H24FN7O. The Kier molecular flexibility index (Phi) is 5.32. The predicted molar refractivity (Wildman–Crippen MR) is 122 cm³/mol. The molecule has 4 heterocycles. The third-order valence-corrected chi connectivity index (χ3v) is 5.71. The number of nitrogen functional groups attached to an aromatic ring is 2. The first-order valence-electron chi connectivity index (χ1n) is 10.6. The zero-order valence-electron chi connectivity index (χ0n) is 17.5. The number of H-pyrrole nitrogens is 1. The van der Waals surface area contributed by atoms with Crippen LogP contribution in [0.1, 0.15) is 25.0 Å². The number of ether oxygens (including phenoxy) is 1. The number of piperidine rings is 1. The van der Waals surface area contributed by atoms with Crippen LogP contribution in [0.25, 0.3) is 22.2 Å². The van der Waals surface area contributed by atoms with Gasteiger partial charge in [-0.3, -0.25) is 4.90 Å². The maximum atomic E-state index is 15.1. The van der Waals surface area contributed by atoms with E-state index in [1.54, 1.807) is 30.6 Å². The number of fused-ring (bicyclic) bond motifs is 1. The van der Waals surface area contributed by atoms with Crippen molar-refractivity contribution in [3.05, 3.63) is 54.2 Å². The molecule has 32 heavy (non-hydrogen) atoms. The summed E-state index contributed by atoms with van der Waals surface area (Å²) >= 11 is 0. The summed E-state index contributed by atoms with van der Waals surface area (Å²) in [6.07, 6.45) is 6.90. The summed E-state index contributed by atoms with van der Waals surface area (Å²) in [7, 11) is 0. The highest BCUT2D eigenvalue weighted by atomic mass is 19.1. The van der Waals surface area contributed by atoms with Crippen molar-refractivity contribution in [3.8, 4) is 22.6 Å². The molecule has 0 unspecified atom stereocenters. The number of nitrogens with one attached hydrogen (secondary N) is 1. The number of likely N-dealkylation sites (tertiary alicyclic amines) is 1. The summed E-state index contributed by atoms with van der Waals surface area (Å²) in [6.45, 7) is 2.57. The van der Waals surface area contributed by atoms with Crippen LogP contribution in [0, 0.1) is 5.82 Å². The lowest BCUT2D eigenvalue weighted by atomic mass is 10.0. The topological polar surface area (TPSA) is 119 Å². The number of halogens is 1. The Hall–Kier alpha value is -3.72. The van der Waals surface area contributed by atoms with Crippen LogP contribution in [0.15, 0.2) is 42.7 Å². The van der Waals surface area contributed by atoms with E-state index in [1.807, 2.05) is 6.07 Å². The number of hydrogen-bond acceptors (Lipinski definition) is 7. The number of nitrogens with two attached hydrogens (primary N) is 2. The minimum absolute atomic E-state index is 0.106. The molecule has 4 aromatic rings. The average Bonchev–Trinajstić information content (AvgIpc) is 3.26. The van der Waals surface area contributed by atoms with Crippen molar-refractivity contribution in [2.45, 2.75) is 25.8 Å². The minimum atomic E-state index is -0.511. The highest BCUT2D eigenvalue weighted by Gasteiger charge is 2.20. The zero-order chi connectivity index (χ0) is 22.1. The second kappa shape index (κ2) is 8.43. The van der Waals surface area contributed by atoms with Crippen LogP contribution in [0.2, 0.25) is 0 Å². The molecule has 0 amide bonds. The Morgan fingerprint density at radius 2 is 1.88 bits per heavy atom. The van der Waals surface area contributed by atoms with Gasteiger partial charge in [0.05, 0.1) is 11.1 Å². The van der Waals surface area contributed by atoms with E-state index in [0.29, 0.717) is 34.8 Å². The second-order valence-corrected chi connectivity index (χ2v) is 7.92. The number of pyridine rings is 1. The molecule has 0 aliphatic carbocycles. The lowest BCUT2D eigenvalue weighted by molar-refractivity contribution is 0.219. The molecule has 1 aromatic carbocycles. The fraction of sp³-hybridized carbons (Fsp3) is 0.261.